The molecule has 1 N–H and O–H groups in total. The Balaban J connectivity index is 2.25. The van der Waals surface area contributed by atoms with Gasteiger partial charge in [-0.05, 0) is 38.6 Å². The molecule has 2 amide bonds. The van der Waals surface area contributed by atoms with Gasteiger partial charge in [-0.1, -0.05) is 12.1 Å². The van der Waals surface area contributed by atoms with Crippen molar-refractivity contribution in [3.05, 3.63) is 41.0 Å². The van der Waals surface area contributed by atoms with Crippen LogP contribution < -0.4 is 10.1 Å². The molecule has 5 nitrogen and oxygen atoms in total. The lowest BCUT2D eigenvalue weighted by atomic mass is 9.91. The van der Waals surface area contributed by atoms with E-state index >= 15 is 0 Å². The molecular weight excluding hydrogens is 292 g/mol. The SMILES string of the molecule is CCOc1c(C)cc2c3c(cccc13)C(=O)N(CCNC)C2=O. The maximum atomic E-state index is 12.8. The first-order chi connectivity index (χ1) is 11.1. The zero-order valence-corrected chi connectivity index (χ0v) is 13.6. The molecule has 0 spiro atoms. The molecule has 0 atom stereocenters. The van der Waals surface area contributed by atoms with Gasteiger partial charge in [0, 0.05) is 35.0 Å². The van der Waals surface area contributed by atoms with E-state index in [4.69, 9.17) is 4.74 Å². The van der Waals surface area contributed by atoms with Crippen LogP contribution in [0.15, 0.2) is 24.3 Å². The highest BCUT2D eigenvalue weighted by Gasteiger charge is 2.33. The van der Waals surface area contributed by atoms with Crippen molar-refractivity contribution in [1.29, 1.82) is 0 Å². The Hall–Kier alpha value is -2.40. The summed E-state index contributed by atoms with van der Waals surface area (Å²) in [6.45, 7) is 5.31. The standard InChI is InChI=1S/C18H20N2O3/c1-4-23-16-11(2)10-14-15-12(16)6-5-7-13(15)17(21)20(18(14)22)9-8-19-3/h5-7,10,19H,4,8-9H2,1-3H3. The first-order valence-corrected chi connectivity index (χ1v) is 7.80. The van der Waals surface area contributed by atoms with E-state index in [0.29, 0.717) is 36.2 Å². The molecule has 2 aromatic carbocycles. The molecule has 5 heteroatoms. The van der Waals surface area contributed by atoms with E-state index in [9.17, 15) is 9.59 Å². The molecule has 0 fully saturated rings. The third kappa shape index (κ3) is 2.37. The van der Waals surface area contributed by atoms with Gasteiger partial charge in [0.05, 0.1) is 6.61 Å². The lowest BCUT2D eigenvalue weighted by molar-refractivity contribution is 0.0613. The Kier molecular flexibility index (Phi) is 4.05. The Labute approximate surface area is 135 Å². The minimum Gasteiger partial charge on any atom is -0.493 e. The predicted molar refractivity (Wildman–Crippen MR) is 89.1 cm³/mol. The molecule has 0 aliphatic carbocycles. The Morgan fingerprint density at radius 2 is 1.91 bits per heavy atom. The van der Waals surface area contributed by atoms with Crippen LogP contribution in [0, 0.1) is 6.92 Å². The average molecular weight is 312 g/mol. The van der Waals surface area contributed by atoms with Crippen LogP contribution in [0.1, 0.15) is 33.2 Å². The maximum absolute atomic E-state index is 12.8. The van der Waals surface area contributed by atoms with E-state index in [1.54, 1.807) is 13.1 Å². The van der Waals surface area contributed by atoms with Gasteiger partial charge in [0.25, 0.3) is 11.8 Å². The number of hydrogen-bond donors (Lipinski definition) is 1. The largest absolute Gasteiger partial charge is 0.493 e. The zero-order chi connectivity index (χ0) is 16.6. The summed E-state index contributed by atoms with van der Waals surface area (Å²) in [6.07, 6.45) is 0. The van der Waals surface area contributed by atoms with Gasteiger partial charge >= 0.3 is 0 Å². The number of nitrogens with one attached hydrogen (secondary N) is 1. The number of hydrogen-bond acceptors (Lipinski definition) is 4. The highest BCUT2D eigenvalue weighted by molar-refractivity contribution is 6.26. The fraction of sp³-hybridized carbons (Fsp3) is 0.333. The number of carbonyl (C=O) groups excluding carboxylic acids is 2. The van der Waals surface area contributed by atoms with Crippen molar-refractivity contribution >= 4 is 22.6 Å². The summed E-state index contributed by atoms with van der Waals surface area (Å²) < 4.78 is 5.74. The van der Waals surface area contributed by atoms with Crippen LogP contribution >= 0.6 is 0 Å². The van der Waals surface area contributed by atoms with Crippen LogP contribution in [0.25, 0.3) is 10.8 Å². The van der Waals surface area contributed by atoms with Crippen molar-refractivity contribution < 1.29 is 14.3 Å². The quantitative estimate of drug-likeness (QED) is 0.861. The van der Waals surface area contributed by atoms with Gasteiger partial charge in [-0.3, -0.25) is 14.5 Å². The first kappa shape index (κ1) is 15.5. The molecule has 1 heterocycles. The van der Waals surface area contributed by atoms with Crippen LogP contribution in [0.2, 0.25) is 0 Å². The maximum Gasteiger partial charge on any atom is 0.261 e. The van der Waals surface area contributed by atoms with Crippen LogP contribution in [-0.2, 0) is 0 Å². The number of carbonyl (C=O) groups is 2. The van der Waals surface area contributed by atoms with Crippen LogP contribution in [-0.4, -0.2) is 43.5 Å². The minimum absolute atomic E-state index is 0.236. The number of ether oxygens (including phenoxy) is 1. The van der Waals surface area contributed by atoms with Gasteiger partial charge < -0.3 is 10.1 Å². The molecule has 0 unspecified atom stereocenters. The number of rotatable bonds is 5. The highest BCUT2D eigenvalue weighted by Crippen LogP contribution is 2.37. The lowest BCUT2D eigenvalue weighted by Gasteiger charge is -2.28. The monoisotopic (exact) mass is 312 g/mol. The molecule has 0 radical (unpaired) electrons. The van der Waals surface area contributed by atoms with Crippen LogP contribution in [0.3, 0.4) is 0 Å². The number of amides is 2. The fourth-order valence-corrected chi connectivity index (χ4v) is 3.09. The Morgan fingerprint density at radius 3 is 2.61 bits per heavy atom. The second-order valence-electron chi connectivity index (χ2n) is 5.60. The smallest absolute Gasteiger partial charge is 0.261 e. The molecule has 2 aromatic rings. The normalized spacial score (nSPS) is 13.8. The van der Waals surface area contributed by atoms with Gasteiger partial charge in [-0.25, -0.2) is 0 Å². The summed E-state index contributed by atoms with van der Waals surface area (Å²) in [4.78, 5) is 26.8. The molecule has 0 saturated carbocycles. The van der Waals surface area contributed by atoms with Crippen molar-refractivity contribution in [1.82, 2.24) is 10.2 Å². The molecular formula is C18H20N2O3. The molecule has 1 aliphatic heterocycles. The van der Waals surface area contributed by atoms with Crippen molar-refractivity contribution in [3.8, 4) is 5.75 Å². The molecule has 120 valence electrons. The summed E-state index contributed by atoms with van der Waals surface area (Å²) >= 11 is 0. The van der Waals surface area contributed by atoms with Gasteiger partial charge in [0.2, 0.25) is 0 Å². The fourth-order valence-electron chi connectivity index (χ4n) is 3.09. The zero-order valence-electron chi connectivity index (χ0n) is 13.6. The van der Waals surface area contributed by atoms with E-state index < -0.39 is 0 Å². The lowest BCUT2D eigenvalue weighted by Crippen LogP contribution is -2.43. The average Bonchev–Trinajstić information content (AvgIpc) is 2.55. The van der Waals surface area contributed by atoms with E-state index in [1.807, 2.05) is 32.0 Å². The van der Waals surface area contributed by atoms with Gasteiger partial charge in [-0.2, -0.15) is 0 Å². The van der Waals surface area contributed by atoms with Crippen LogP contribution in [0.4, 0.5) is 0 Å². The molecule has 3 rings (SSSR count). The van der Waals surface area contributed by atoms with Crippen molar-refractivity contribution in [2.45, 2.75) is 13.8 Å². The van der Waals surface area contributed by atoms with E-state index in [0.717, 1.165) is 16.7 Å². The summed E-state index contributed by atoms with van der Waals surface area (Å²) in [6, 6.07) is 7.35. The van der Waals surface area contributed by atoms with Crippen molar-refractivity contribution in [2.75, 3.05) is 26.7 Å². The minimum atomic E-state index is -0.241. The van der Waals surface area contributed by atoms with E-state index in [1.165, 1.54) is 4.90 Å². The van der Waals surface area contributed by atoms with Gasteiger partial charge in [0.15, 0.2) is 0 Å². The van der Waals surface area contributed by atoms with E-state index in [-0.39, 0.29) is 11.8 Å². The topological polar surface area (TPSA) is 58.6 Å². The first-order valence-electron chi connectivity index (χ1n) is 7.80. The Bertz CT molecular complexity index is 798. The van der Waals surface area contributed by atoms with Gasteiger partial charge in [-0.15, -0.1) is 0 Å². The van der Waals surface area contributed by atoms with Crippen molar-refractivity contribution in [2.24, 2.45) is 0 Å². The summed E-state index contributed by atoms with van der Waals surface area (Å²) in [5, 5.41) is 4.51. The molecule has 0 aromatic heterocycles. The van der Waals surface area contributed by atoms with Gasteiger partial charge in [0.1, 0.15) is 5.75 Å². The number of imide groups is 1. The van der Waals surface area contributed by atoms with Crippen molar-refractivity contribution in [3.63, 3.8) is 0 Å². The summed E-state index contributed by atoms with van der Waals surface area (Å²) in [7, 11) is 1.80. The number of likely N-dealkylation sites (N-methyl/N-ethyl adjacent to an activating group) is 1. The molecule has 1 aliphatic rings. The molecule has 0 saturated heterocycles. The third-order valence-corrected chi connectivity index (χ3v) is 4.12. The summed E-state index contributed by atoms with van der Waals surface area (Å²) in [5.74, 6) is 0.270. The molecule has 23 heavy (non-hydrogen) atoms. The second kappa shape index (κ2) is 6.01. The predicted octanol–water partition coefficient (Wildman–Crippen LogP) is 2.36. The summed E-state index contributed by atoms with van der Waals surface area (Å²) in [5.41, 5.74) is 2.05. The van der Waals surface area contributed by atoms with Crippen LogP contribution in [0.5, 0.6) is 5.75 Å². The number of nitrogens with zero attached hydrogens (tertiary/aromatic N) is 1. The second-order valence-corrected chi connectivity index (χ2v) is 5.60. The molecule has 0 bridgehead atoms. The van der Waals surface area contributed by atoms with E-state index in [2.05, 4.69) is 5.32 Å². The number of aryl methyl sites for hydroxylation is 1. The highest BCUT2D eigenvalue weighted by atomic mass is 16.5. The number of benzene rings is 2. The Morgan fingerprint density at radius 1 is 1.17 bits per heavy atom. The third-order valence-electron chi connectivity index (χ3n) is 4.12.